The van der Waals surface area contributed by atoms with E-state index in [2.05, 4.69) is 15.3 Å². The summed E-state index contributed by atoms with van der Waals surface area (Å²) in [6.45, 7) is 4.59. The Kier molecular flexibility index (Phi) is 3.57. The van der Waals surface area contributed by atoms with Crippen LogP contribution in [0.3, 0.4) is 0 Å². The molecular weight excluding hydrogens is 272 g/mol. The fourth-order valence-corrected chi connectivity index (χ4v) is 2.37. The van der Waals surface area contributed by atoms with E-state index in [1.54, 1.807) is 0 Å². The van der Waals surface area contributed by atoms with Crippen molar-refractivity contribution in [3.63, 3.8) is 0 Å². The average molecular weight is 289 g/mol. The van der Waals surface area contributed by atoms with Crippen molar-refractivity contribution in [2.45, 2.75) is 32.6 Å². The van der Waals surface area contributed by atoms with Gasteiger partial charge in [0.2, 0.25) is 0 Å². The van der Waals surface area contributed by atoms with Gasteiger partial charge < -0.3 is 5.32 Å². The molecule has 0 radical (unpaired) electrons. The summed E-state index contributed by atoms with van der Waals surface area (Å²) in [6, 6.07) is 3.49. The zero-order chi connectivity index (χ0) is 15.0. The van der Waals surface area contributed by atoms with Gasteiger partial charge in [-0.05, 0) is 38.8 Å². The van der Waals surface area contributed by atoms with Crippen LogP contribution in [0.25, 0.3) is 11.3 Å². The topological polar surface area (TPSA) is 37.8 Å². The maximum atomic E-state index is 13.5. The lowest BCUT2D eigenvalue weighted by molar-refractivity contribution is 0.584. The van der Waals surface area contributed by atoms with Gasteiger partial charge in [0, 0.05) is 29.7 Å². The number of nitrogens with one attached hydrogen (secondary N) is 1. The summed E-state index contributed by atoms with van der Waals surface area (Å²) in [5, 5.41) is 3.20. The molecule has 0 saturated heterocycles. The van der Waals surface area contributed by atoms with Gasteiger partial charge in [0.25, 0.3) is 0 Å². The van der Waals surface area contributed by atoms with Gasteiger partial charge in [0.15, 0.2) is 0 Å². The largest absolute Gasteiger partial charge is 0.370 e. The molecule has 1 aromatic heterocycles. The smallest absolute Gasteiger partial charge is 0.134 e. The SMILES string of the molecule is CCNc1nc(C2CC2)nc(-c2cc(F)cc(F)c2)c1C. The van der Waals surface area contributed by atoms with Crippen molar-refractivity contribution in [1.29, 1.82) is 0 Å². The van der Waals surface area contributed by atoms with Crippen LogP contribution in [0.2, 0.25) is 0 Å². The highest BCUT2D eigenvalue weighted by Crippen LogP contribution is 2.40. The van der Waals surface area contributed by atoms with E-state index in [1.807, 2.05) is 13.8 Å². The highest BCUT2D eigenvalue weighted by atomic mass is 19.1. The molecular formula is C16H17F2N3. The third-order valence-electron chi connectivity index (χ3n) is 3.59. The molecule has 0 atom stereocenters. The normalized spacial score (nSPS) is 14.3. The van der Waals surface area contributed by atoms with Crippen molar-refractivity contribution in [3.05, 3.63) is 41.2 Å². The first-order valence-electron chi connectivity index (χ1n) is 7.17. The number of rotatable bonds is 4. The predicted molar refractivity (Wildman–Crippen MR) is 78.3 cm³/mol. The lowest BCUT2D eigenvalue weighted by Gasteiger charge is -2.13. The standard InChI is InChI=1S/C16H17F2N3/c1-3-19-15-9(2)14(20-16(21-15)10-4-5-10)11-6-12(17)8-13(18)7-11/h6-8,10H,3-5H2,1-2H3,(H,19,20,21). The van der Waals surface area contributed by atoms with E-state index < -0.39 is 11.6 Å². The summed E-state index contributed by atoms with van der Waals surface area (Å²) in [5.74, 6) is 0.687. The van der Waals surface area contributed by atoms with Crippen LogP contribution in [0, 0.1) is 18.6 Å². The van der Waals surface area contributed by atoms with E-state index in [1.165, 1.54) is 12.1 Å². The predicted octanol–water partition coefficient (Wildman–Crippen LogP) is 4.04. The first-order chi connectivity index (χ1) is 10.1. The zero-order valence-electron chi connectivity index (χ0n) is 12.1. The van der Waals surface area contributed by atoms with Gasteiger partial charge in [0.05, 0.1) is 5.69 Å². The molecule has 3 rings (SSSR count). The van der Waals surface area contributed by atoms with Gasteiger partial charge in [0.1, 0.15) is 23.3 Å². The minimum absolute atomic E-state index is 0.375. The molecule has 0 amide bonds. The lowest BCUT2D eigenvalue weighted by atomic mass is 10.1. The molecule has 110 valence electrons. The van der Waals surface area contributed by atoms with E-state index in [-0.39, 0.29) is 0 Å². The molecule has 1 aliphatic carbocycles. The highest BCUT2D eigenvalue weighted by molar-refractivity contribution is 5.68. The van der Waals surface area contributed by atoms with Gasteiger partial charge in [-0.25, -0.2) is 18.7 Å². The molecule has 0 bridgehead atoms. The number of aromatic nitrogens is 2. The van der Waals surface area contributed by atoms with Crippen LogP contribution in [-0.2, 0) is 0 Å². The zero-order valence-corrected chi connectivity index (χ0v) is 12.1. The molecule has 0 unspecified atom stereocenters. The summed E-state index contributed by atoms with van der Waals surface area (Å²) < 4.78 is 26.9. The molecule has 1 aliphatic rings. The molecule has 3 nitrogen and oxygen atoms in total. The van der Waals surface area contributed by atoms with E-state index >= 15 is 0 Å². The van der Waals surface area contributed by atoms with Gasteiger partial charge in [-0.1, -0.05) is 0 Å². The fraction of sp³-hybridized carbons (Fsp3) is 0.375. The van der Waals surface area contributed by atoms with Crippen molar-refractivity contribution < 1.29 is 8.78 Å². The van der Waals surface area contributed by atoms with Crippen LogP contribution in [0.5, 0.6) is 0 Å². The first-order valence-corrected chi connectivity index (χ1v) is 7.17. The van der Waals surface area contributed by atoms with Crippen molar-refractivity contribution in [2.75, 3.05) is 11.9 Å². The molecule has 0 aliphatic heterocycles. The van der Waals surface area contributed by atoms with E-state index in [0.29, 0.717) is 17.2 Å². The number of benzene rings is 1. The number of hydrogen-bond acceptors (Lipinski definition) is 3. The van der Waals surface area contributed by atoms with Crippen molar-refractivity contribution in [1.82, 2.24) is 9.97 Å². The van der Waals surface area contributed by atoms with Crippen molar-refractivity contribution >= 4 is 5.82 Å². The van der Waals surface area contributed by atoms with Gasteiger partial charge >= 0.3 is 0 Å². The molecule has 1 saturated carbocycles. The Hall–Kier alpha value is -2.04. The number of anilines is 1. The number of nitrogens with zero attached hydrogens (tertiary/aromatic N) is 2. The number of hydrogen-bond donors (Lipinski definition) is 1. The van der Waals surface area contributed by atoms with Crippen molar-refractivity contribution in [3.8, 4) is 11.3 Å². The van der Waals surface area contributed by atoms with Gasteiger partial charge in [-0.3, -0.25) is 0 Å². The Labute approximate surface area is 122 Å². The van der Waals surface area contributed by atoms with Gasteiger partial charge in [-0.2, -0.15) is 0 Å². The summed E-state index contributed by atoms with van der Waals surface area (Å²) >= 11 is 0. The van der Waals surface area contributed by atoms with E-state index in [9.17, 15) is 8.78 Å². The van der Waals surface area contributed by atoms with E-state index in [0.717, 1.165) is 42.7 Å². The number of halogens is 2. The fourth-order valence-electron chi connectivity index (χ4n) is 2.37. The first kappa shape index (κ1) is 13.9. The second-order valence-electron chi connectivity index (χ2n) is 5.37. The van der Waals surface area contributed by atoms with Crippen LogP contribution in [0.1, 0.15) is 37.1 Å². The Morgan fingerprint density at radius 2 is 1.81 bits per heavy atom. The molecule has 1 heterocycles. The monoisotopic (exact) mass is 289 g/mol. The highest BCUT2D eigenvalue weighted by Gasteiger charge is 2.28. The molecule has 2 aromatic rings. The minimum Gasteiger partial charge on any atom is -0.370 e. The third-order valence-corrected chi connectivity index (χ3v) is 3.59. The summed E-state index contributed by atoms with van der Waals surface area (Å²) in [5.41, 5.74) is 1.86. The maximum absolute atomic E-state index is 13.5. The molecule has 1 N–H and O–H groups in total. The summed E-state index contributed by atoms with van der Waals surface area (Å²) in [7, 11) is 0. The Bertz CT molecular complexity index is 661. The van der Waals surface area contributed by atoms with Crippen LogP contribution in [0.15, 0.2) is 18.2 Å². The van der Waals surface area contributed by atoms with Crippen LogP contribution >= 0.6 is 0 Å². The van der Waals surface area contributed by atoms with Crippen LogP contribution in [-0.4, -0.2) is 16.5 Å². The van der Waals surface area contributed by atoms with Crippen LogP contribution < -0.4 is 5.32 Å². The Morgan fingerprint density at radius 3 is 2.38 bits per heavy atom. The van der Waals surface area contributed by atoms with E-state index in [4.69, 9.17) is 0 Å². The molecule has 1 fully saturated rings. The quantitative estimate of drug-likeness (QED) is 0.923. The molecule has 5 heteroatoms. The van der Waals surface area contributed by atoms with Crippen LogP contribution in [0.4, 0.5) is 14.6 Å². The maximum Gasteiger partial charge on any atom is 0.134 e. The molecule has 21 heavy (non-hydrogen) atoms. The molecule has 1 aromatic carbocycles. The average Bonchev–Trinajstić information content (AvgIpc) is 3.24. The Morgan fingerprint density at radius 1 is 1.14 bits per heavy atom. The summed E-state index contributed by atoms with van der Waals surface area (Å²) in [4.78, 5) is 9.09. The minimum atomic E-state index is -0.596. The van der Waals surface area contributed by atoms with Crippen molar-refractivity contribution in [2.24, 2.45) is 0 Å². The lowest BCUT2D eigenvalue weighted by Crippen LogP contribution is -2.07. The van der Waals surface area contributed by atoms with Gasteiger partial charge in [-0.15, -0.1) is 0 Å². The second-order valence-corrected chi connectivity index (χ2v) is 5.37. The molecule has 0 spiro atoms. The Balaban J connectivity index is 2.15. The third kappa shape index (κ3) is 2.86. The second kappa shape index (κ2) is 5.39. The summed E-state index contributed by atoms with van der Waals surface area (Å²) in [6.07, 6.45) is 2.15.